The summed E-state index contributed by atoms with van der Waals surface area (Å²) in [5.74, 6) is 3.65. The highest BCUT2D eigenvalue weighted by Crippen LogP contribution is 2.60. The van der Waals surface area contributed by atoms with Gasteiger partial charge in [-0.3, -0.25) is 0 Å². The van der Waals surface area contributed by atoms with Crippen LogP contribution in [0.2, 0.25) is 0 Å². The molecule has 24 rings (SSSR count). The molecule has 4 aliphatic rings. The number of aromatic nitrogens is 6. The lowest BCUT2D eigenvalue weighted by Gasteiger charge is -2.36. The quantitative estimate of drug-likeness (QED) is 0.119. The summed E-state index contributed by atoms with van der Waals surface area (Å²) in [5, 5.41) is 4.21. The molecule has 122 heavy (non-hydrogen) atoms. The predicted molar refractivity (Wildman–Crippen MR) is 498 cm³/mol. The monoisotopic (exact) mass is 1570 g/mol. The van der Waals surface area contributed by atoms with E-state index < -0.39 is 0 Å². The SMILES string of the molecule is c1ccc(-c2ccc(-c3nc(-c4ccc(-c5ccc(-c6cccc7c6-c6ccccc6C76CCCCC6)cc5)cc4)nc(-c4ccc5oc6ccccc6c5c4)n3)cc2)cc1.c1ccc(-c2cccc(-c3nc(-c4ccc(-c5ccc(-c6cccc7c6-c6ccccc6C76CCCCC6)cc5)cc4)nc(-c4cccc5c4oc4ccccc45)n3)c2)cc1. The lowest BCUT2D eigenvalue weighted by molar-refractivity contribution is 0.353. The number of hydrogen-bond acceptors (Lipinski definition) is 8. The molecule has 2 fully saturated rings. The first kappa shape index (κ1) is 72.4. The van der Waals surface area contributed by atoms with E-state index in [2.05, 4.69) is 309 Å². The Labute approximate surface area is 708 Å². The molecule has 4 heterocycles. The van der Waals surface area contributed by atoms with Gasteiger partial charge in [0.15, 0.2) is 34.9 Å². The van der Waals surface area contributed by atoms with Crippen molar-refractivity contribution in [2.24, 2.45) is 0 Å². The molecule has 4 aliphatic carbocycles. The average Bonchev–Trinajstić information content (AvgIpc) is 1.56. The van der Waals surface area contributed by atoms with E-state index in [1.807, 2.05) is 66.7 Å². The Kier molecular flexibility index (Phi) is 17.9. The molecule has 0 unspecified atom stereocenters. The third-order valence-corrected chi connectivity index (χ3v) is 26.4. The Morgan fingerprint density at radius 2 is 0.484 bits per heavy atom. The van der Waals surface area contributed by atoms with E-state index in [0.29, 0.717) is 34.9 Å². The molecule has 0 atom stereocenters. The van der Waals surface area contributed by atoms with Gasteiger partial charge in [0.05, 0.1) is 5.56 Å². The first-order chi connectivity index (χ1) is 60.4. The number of benzene rings is 16. The maximum absolute atomic E-state index is 6.47. The maximum atomic E-state index is 6.47. The topological polar surface area (TPSA) is 104 Å². The average molecular weight is 1570 g/mol. The molecular weight excluding hydrogens is 1490 g/mol. The molecule has 0 saturated heterocycles. The van der Waals surface area contributed by atoms with Crippen molar-refractivity contribution in [2.45, 2.75) is 75.0 Å². The number of nitrogens with zero attached hydrogens (tertiary/aromatic N) is 6. The van der Waals surface area contributed by atoms with E-state index in [0.717, 1.165) is 105 Å². The molecule has 580 valence electrons. The van der Waals surface area contributed by atoms with Crippen LogP contribution in [0.3, 0.4) is 0 Å². The highest BCUT2D eigenvalue weighted by molar-refractivity contribution is 6.10. The number of furan rings is 2. The van der Waals surface area contributed by atoms with Crippen molar-refractivity contribution in [1.82, 2.24) is 29.9 Å². The largest absolute Gasteiger partial charge is 0.456 e. The molecule has 16 aromatic carbocycles. The fourth-order valence-electron chi connectivity index (χ4n) is 20.4. The van der Waals surface area contributed by atoms with Crippen molar-refractivity contribution in [3.05, 3.63) is 398 Å². The highest BCUT2D eigenvalue weighted by Gasteiger charge is 2.46. The van der Waals surface area contributed by atoms with Crippen LogP contribution in [0, 0.1) is 0 Å². The number of para-hydroxylation sites is 3. The molecule has 4 aromatic heterocycles. The van der Waals surface area contributed by atoms with Gasteiger partial charge in [-0.2, -0.15) is 0 Å². The van der Waals surface area contributed by atoms with Crippen LogP contribution in [-0.2, 0) is 10.8 Å². The van der Waals surface area contributed by atoms with Crippen LogP contribution in [0.5, 0.6) is 0 Å². The second-order valence-electron chi connectivity index (χ2n) is 33.2. The number of hydrogen-bond donors (Lipinski definition) is 0. The fraction of sp³-hybridized carbons (Fsp3) is 0.105. The van der Waals surface area contributed by atoms with E-state index >= 15 is 0 Å². The van der Waals surface area contributed by atoms with E-state index in [-0.39, 0.29) is 10.8 Å². The Morgan fingerprint density at radius 3 is 0.975 bits per heavy atom. The molecular formula is C114H82N6O2. The van der Waals surface area contributed by atoms with Crippen molar-refractivity contribution in [1.29, 1.82) is 0 Å². The molecule has 2 spiro atoms. The van der Waals surface area contributed by atoms with Gasteiger partial charge in [0.25, 0.3) is 0 Å². The molecule has 20 aromatic rings. The molecule has 8 heteroatoms. The Bertz CT molecular complexity index is 7410. The van der Waals surface area contributed by atoms with Gasteiger partial charge in [0.2, 0.25) is 0 Å². The van der Waals surface area contributed by atoms with Crippen molar-refractivity contribution in [3.63, 3.8) is 0 Å². The zero-order chi connectivity index (χ0) is 80.7. The molecule has 0 N–H and O–H groups in total. The van der Waals surface area contributed by atoms with Crippen LogP contribution in [-0.4, -0.2) is 29.9 Å². The van der Waals surface area contributed by atoms with Gasteiger partial charge in [-0.1, -0.05) is 372 Å². The lowest BCUT2D eigenvalue weighted by atomic mass is 9.68. The lowest BCUT2D eigenvalue weighted by Crippen LogP contribution is -2.27. The molecule has 0 radical (unpaired) electrons. The summed E-state index contributed by atoms with van der Waals surface area (Å²) in [5.41, 5.74) is 35.1. The summed E-state index contributed by atoms with van der Waals surface area (Å²) in [6.07, 6.45) is 12.8. The summed E-state index contributed by atoms with van der Waals surface area (Å²) >= 11 is 0. The zero-order valence-electron chi connectivity index (χ0n) is 67.4. The predicted octanol–water partition coefficient (Wildman–Crippen LogP) is 30.0. The van der Waals surface area contributed by atoms with Crippen molar-refractivity contribution in [2.75, 3.05) is 0 Å². The second-order valence-corrected chi connectivity index (χ2v) is 33.2. The smallest absolute Gasteiger partial charge is 0.167 e. The summed E-state index contributed by atoms with van der Waals surface area (Å²) < 4.78 is 12.6. The summed E-state index contributed by atoms with van der Waals surface area (Å²) in [7, 11) is 0. The van der Waals surface area contributed by atoms with Crippen LogP contribution in [0.15, 0.2) is 385 Å². The van der Waals surface area contributed by atoms with Crippen LogP contribution in [0.1, 0.15) is 86.5 Å². The van der Waals surface area contributed by atoms with Crippen LogP contribution >= 0.6 is 0 Å². The van der Waals surface area contributed by atoms with Gasteiger partial charge < -0.3 is 8.83 Å². The number of fused-ring (bicyclic) bond motifs is 16. The number of rotatable bonds is 12. The Balaban J connectivity index is 0.000000142. The molecule has 8 nitrogen and oxygen atoms in total. The van der Waals surface area contributed by atoms with Gasteiger partial charge in [-0.05, 0) is 179 Å². The molecule has 2 saturated carbocycles. The maximum Gasteiger partial charge on any atom is 0.167 e. The van der Waals surface area contributed by atoms with Crippen molar-refractivity contribution >= 4 is 43.9 Å². The van der Waals surface area contributed by atoms with Gasteiger partial charge in [0.1, 0.15) is 22.3 Å². The minimum atomic E-state index is 0.148. The summed E-state index contributed by atoms with van der Waals surface area (Å²) in [6.45, 7) is 0. The van der Waals surface area contributed by atoms with Crippen molar-refractivity contribution in [3.8, 4) is 157 Å². The Hall–Kier alpha value is -14.9. The zero-order valence-corrected chi connectivity index (χ0v) is 67.4. The highest BCUT2D eigenvalue weighted by atomic mass is 16.3. The molecule has 0 aliphatic heterocycles. The molecule has 0 bridgehead atoms. The van der Waals surface area contributed by atoms with Crippen LogP contribution in [0.25, 0.3) is 201 Å². The van der Waals surface area contributed by atoms with Gasteiger partial charge >= 0.3 is 0 Å². The van der Waals surface area contributed by atoms with Gasteiger partial charge in [0, 0.05) is 60.2 Å². The summed E-state index contributed by atoms with van der Waals surface area (Å²) in [4.78, 5) is 30.7. The molecule has 0 amide bonds. The minimum absolute atomic E-state index is 0.148. The first-order valence-electron chi connectivity index (χ1n) is 42.9. The van der Waals surface area contributed by atoms with Crippen LogP contribution in [0.4, 0.5) is 0 Å². The van der Waals surface area contributed by atoms with E-state index in [1.165, 1.54) is 148 Å². The van der Waals surface area contributed by atoms with Crippen LogP contribution < -0.4 is 0 Å². The van der Waals surface area contributed by atoms with Crippen molar-refractivity contribution < 1.29 is 8.83 Å². The van der Waals surface area contributed by atoms with Gasteiger partial charge in [-0.25, -0.2) is 29.9 Å². The Morgan fingerprint density at radius 1 is 0.180 bits per heavy atom. The third kappa shape index (κ3) is 12.7. The second kappa shape index (κ2) is 30.2. The van der Waals surface area contributed by atoms with E-state index in [1.54, 1.807) is 0 Å². The first-order valence-corrected chi connectivity index (χ1v) is 42.9. The standard InChI is InChI=1S/2C57H41N3O/c1-3-14-37(15-4-1)42-16-11-17-43(36-42)55-58-54(59-56(60-55)48-22-12-21-46-45-18-6-8-25-51(45)61-53(46)48)41-32-28-39(29-33-41)38-26-30-40(31-27-38)44-20-13-24-50-52(44)47-19-5-7-23-49(47)57(50)34-9-2-10-35-57;1-3-12-37(13-4-1)38-22-28-42(29-23-38)54-58-55(60-56(59-54)44-32-33-52-48(36-44)46-14-6-8-19-51(46)61-52)43-30-24-40(25-31-43)39-20-26-41(27-21-39)45-16-11-18-50-53(45)47-15-5-7-17-49(47)57(50)34-9-2-10-35-57/h2*1,3-8,11-33,36H,2,9-10,34-35H2. The summed E-state index contributed by atoms with van der Waals surface area (Å²) in [6, 6.07) is 134. The normalized spacial score (nSPS) is 14.0. The third-order valence-electron chi connectivity index (χ3n) is 26.4. The fourth-order valence-corrected chi connectivity index (χ4v) is 20.4. The van der Waals surface area contributed by atoms with E-state index in [9.17, 15) is 0 Å². The minimum Gasteiger partial charge on any atom is -0.456 e. The van der Waals surface area contributed by atoms with E-state index in [4.69, 9.17) is 38.7 Å². The van der Waals surface area contributed by atoms with Gasteiger partial charge in [-0.15, -0.1) is 0 Å².